The van der Waals surface area contributed by atoms with Gasteiger partial charge < -0.3 is 15.7 Å². The Labute approximate surface area is 190 Å². The van der Waals surface area contributed by atoms with Crippen molar-refractivity contribution in [3.8, 4) is 17.0 Å². The average molecular weight is 454 g/mol. The Kier molecular flexibility index (Phi) is 6.41. The van der Waals surface area contributed by atoms with Crippen molar-refractivity contribution in [2.45, 2.75) is 38.5 Å². The lowest BCUT2D eigenvalue weighted by molar-refractivity contribution is 0.102. The second-order valence-electron chi connectivity index (χ2n) is 7.71. The normalized spacial score (nSPS) is 13.8. The summed E-state index contributed by atoms with van der Waals surface area (Å²) >= 11 is 5.98. The lowest BCUT2D eigenvalue weighted by Gasteiger charge is -2.11. The van der Waals surface area contributed by atoms with Gasteiger partial charge >= 0.3 is 6.03 Å². The maximum Gasteiger partial charge on any atom is 0.342 e. The summed E-state index contributed by atoms with van der Waals surface area (Å²) < 4.78 is 1.41. The van der Waals surface area contributed by atoms with Gasteiger partial charge in [0.2, 0.25) is 0 Å². The number of hydrogen-bond donors (Lipinski definition) is 3. The number of aromatic nitrogens is 3. The molecule has 0 saturated heterocycles. The quantitative estimate of drug-likeness (QED) is 0.481. The number of pyridine rings is 1. The molecule has 1 aliphatic carbocycles. The Morgan fingerprint density at radius 3 is 2.69 bits per heavy atom. The predicted molar refractivity (Wildman–Crippen MR) is 122 cm³/mol. The lowest BCUT2D eigenvalue weighted by atomic mass is 10.0. The van der Waals surface area contributed by atoms with E-state index in [2.05, 4.69) is 20.7 Å². The number of phenolic OH excluding ortho intramolecular Hbond substituents is 1. The molecule has 0 bridgehead atoms. The van der Waals surface area contributed by atoms with Crippen LogP contribution in [-0.4, -0.2) is 38.4 Å². The van der Waals surface area contributed by atoms with E-state index < -0.39 is 5.91 Å². The van der Waals surface area contributed by atoms with Crippen LogP contribution in [0.15, 0.2) is 42.6 Å². The largest absolute Gasteiger partial charge is 0.507 e. The van der Waals surface area contributed by atoms with E-state index in [0.29, 0.717) is 23.5 Å². The highest BCUT2D eigenvalue weighted by Crippen LogP contribution is 2.38. The third-order valence-electron chi connectivity index (χ3n) is 5.57. The van der Waals surface area contributed by atoms with Gasteiger partial charge in [-0.3, -0.25) is 4.79 Å². The van der Waals surface area contributed by atoms with Crippen LogP contribution in [0.25, 0.3) is 11.3 Å². The number of amides is 2. The van der Waals surface area contributed by atoms with Gasteiger partial charge in [-0.15, -0.1) is 0 Å². The molecule has 2 amide bonds. The van der Waals surface area contributed by atoms with E-state index in [-0.39, 0.29) is 28.4 Å². The summed E-state index contributed by atoms with van der Waals surface area (Å²) in [6.07, 6.45) is 5.78. The molecular formula is C23H24ClN5O3. The molecule has 1 fully saturated rings. The summed E-state index contributed by atoms with van der Waals surface area (Å²) in [7, 11) is 0. The third-order valence-corrected chi connectivity index (χ3v) is 5.87. The van der Waals surface area contributed by atoms with E-state index in [0.717, 1.165) is 31.4 Å². The number of aromatic hydroxyl groups is 1. The average Bonchev–Trinajstić information content (AvgIpc) is 3.44. The Balaban J connectivity index is 1.61. The lowest BCUT2D eigenvalue weighted by Crippen LogP contribution is -2.30. The van der Waals surface area contributed by atoms with Gasteiger partial charge in [-0.2, -0.15) is 9.78 Å². The van der Waals surface area contributed by atoms with Gasteiger partial charge in [0, 0.05) is 36.0 Å². The predicted octanol–water partition coefficient (Wildman–Crippen LogP) is 4.79. The molecule has 1 aliphatic rings. The number of hydrogen-bond acceptors (Lipinski definition) is 5. The molecule has 1 aromatic carbocycles. The number of carbonyl (C=O) groups is 2. The summed E-state index contributed by atoms with van der Waals surface area (Å²) in [5.74, 6) is -0.221. The van der Waals surface area contributed by atoms with Gasteiger partial charge in [0.1, 0.15) is 10.9 Å². The molecule has 4 rings (SSSR count). The van der Waals surface area contributed by atoms with Crippen LogP contribution in [0.3, 0.4) is 0 Å². The van der Waals surface area contributed by atoms with Crippen LogP contribution >= 0.6 is 11.6 Å². The second-order valence-corrected chi connectivity index (χ2v) is 8.07. The first-order valence-electron chi connectivity index (χ1n) is 10.6. The van der Waals surface area contributed by atoms with Crippen LogP contribution in [0.2, 0.25) is 5.15 Å². The van der Waals surface area contributed by atoms with Crippen molar-refractivity contribution in [3.63, 3.8) is 0 Å². The minimum absolute atomic E-state index is 0.0568. The van der Waals surface area contributed by atoms with Crippen molar-refractivity contribution in [1.29, 1.82) is 0 Å². The fraction of sp³-hybridized carbons (Fsp3) is 0.304. The topological polar surface area (TPSA) is 109 Å². The molecule has 0 atom stereocenters. The van der Waals surface area contributed by atoms with Crippen LogP contribution in [-0.2, 0) is 0 Å². The summed E-state index contributed by atoms with van der Waals surface area (Å²) in [5.41, 5.74) is 2.47. The highest BCUT2D eigenvalue weighted by Gasteiger charge is 2.26. The first-order valence-corrected chi connectivity index (χ1v) is 11.0. The van der Waals surface area contributed by atoms with Gasteiger partial charge in [0.25, 0.3) is 5.91 Å². The summed E-state index contributed by atoms with van der Waals surface area (Å²) in [5, 5.41) is 20.7. The fourth-order valence-electron chi connectivity index (χ4n) is 4.01. The zero-order valence-electron chi connectivity index (χ0n) is 17.6. The van der Waals surface area contributed by atoms with Crippen molar-refractivity contribution in [2.24, 2.45) is 0 Å². The Morgan fingerprint density at radius 1 is 1.22 bits per heavy atom. The number of rotatable bonds is 5. The van der Waals surface area contributed by atoms with Crippen molar-refractivity contribution < 1.29 is 14.7 Å². The number of benzene rings is 1. The molecule has 3 N–H and O–H groups in total. The van der Waals surface area contributed by atoms with Crippen LogP contribution in [0.4, 0.5) is 10.5 Å². The van der Waals surface area contributed by atoms with E-state index in [1.165, 1.54) is 16.9 Å². The first kappa shape index (κ1) is 21.8. The highest BCUT2D eigenvalue weighted by molar-refractivity contribution is 6.33. The zero-order valence-corrected chi connectivity index (χ0v) is 18.4. The maximum absolute atomic E-state index is 12.6. The molecule has 0 aliphatic heterocycles. The van der Waals surface area contributed by atoms with Crippen LogP contribution < -0.4 is 10.6 Å². The van der Waals surface area contributed by atoms with Gasteiger partial charge in [0.15, 0.2) is 0 Å². The molecule has 2 heterocycles. The molecule has 0 spiro atoms. The van der Waals surface area contributed by atoms with Crippen LogP contribution in [0.1, 0.15) is 54.6 Å². The van der Waals surface area contributed by atoms with Crippen molar-refractivity contribution in [3.05, 3.63) is 59.0 Å². The summed E-state index contributed by atoms with van der Waals surface area (Å²) in [6, 6.07) is 9.55. The Morgan fingerprint density at radius 2 is 2.00 bits per heavy atom. The Hall–Kier alpha value is -3.39. The molecular weight excluding hydrogens is 430 g/mol. The number of halogens is 1. The summed E-state index contributed by atoms with van der Waals surface area (Å²) in [6.45, 7) is 2.35. The Bertz CT molecular complexity index is 1150. The van der Waals surface area contributed by atoms with E-state index in [4.69, 9.17) is 11.6 Å². The molecule has 32 heavy (non-hydrogen) atoms. The molecule has 8 nitrogen and oxygen atoms in total. The number of nitrogens with zero attached hydrogens (tertiary/aromatic N) is 3. The standard InChI is InChI=1S/C23H24ClN5O3/c1-2-25-23(32)29-19(14-6-3-4-7-14)13-18(28-29)16-10-9-15(12-20(16)30)27-22(31)17-8-5-11-26-21(17)24/h5,8-14,30H,2-4,6-7H2,1H3,(H,25,32)(H,27,31). The molecule has 3 aromatic rings. The number of carbonyl (C=O) groups excluding carboxylic acids is 2. The van der Waals surface area contributed by atoms with Crippen LogP contribution in [0.5, 0.6) is 5.75 Å². The van der Waals surface area contributed by atoms with Crippen molar-refractivity contribution in [1.82, 2.24) is 20.1 Å². The molecule has 0 unspecified atom stereocenters. The minimum Gasteiger partial charge on any atom is -0.507 e. The highest BCUT2D eigenvalue weighted by atomic mass is 35.5. The van der Waals surface area contributed by atoms with Crippen LogP contribution in [0, 0.1) is 0 Å². The summed E-state index contributed by atoms with van der Waals surface area (Å²) in [4.78, 5) is 28.9. The molecule has 2 aromatic heterocycles. The van der Waals surface area contributed by atoms with Gasteiger partial charge in [-0.05, 0) is 50.1 Å². The SMILES string of the molecule is CCNC(=O)n1nc(-c2ccc(NC(=O)c3cccnc3Cl)cc2O)cc1C1CCCC1. The minimum atomic E-state index is -0.431. The fourth-order valence-corrected chi connectivity index (χ4v) is 4.21. The van der Waals surface area contributed by atoms with Crippen molar-refractivity contribution in [2.75, 3.05) is 11.9 Å². The van der Waals surface area contributed by atoms with E-state index in [1.54, 1.807) is 24.3 Å². The third kappa shape index (κ3) is 4.45. The first-order chi connectivity index (χ1) is 15.5. The van der Waals surface area contributed by atoms with Gasteiger partial charge in [-0.1, -0.05) is 24.4 Å². The van der Waals surface area contributed by atoms with E-state index in [1.807, 2.05) is 13.0 Å². The molecule has 166 valence electrons. The molecule has 9 heteroatoms. The zero-order chi connectivity index (χ0) is 22.7. The van der Waals surface area contributed by atoms with E-state index >= 15 is 0 Å². The second kappa shape index (κ2) is 9.40. The van der Waals surface area contributed by atoms with Gasteiger partial charge in [0.05, 0.1) is 17.0 Å². The van der Waals surface area contributed by atoms with Crippen molar-refractivity contribution >= 4 is 29.2 Å². The monoisotopic (exact) mass is 453 g/mol. The molecule has 1 saturated carbocycles. The number of nitrogens with one attached hydrogen (secondary N) is 2. The smallest absolute Gasteiger partial charge is 0.342 e. The van der Waals surface area contributed by atoms with E-state index in [9.17, 15) is 14.7 Å². The molecule has 0 radical (unpaired) electrons. The maximum atomic E-state index is 12.6. The van der Waals surface area contributed by atoms with Gasteiger partial charge in [-0.25, -0.2) is 9.78 Å². The number of anilines is 1. The number of phenols is 1.